The number of benzene rings is 2. The molecule has 3 heteroatoms. The molecule has 1 saturated carbocycles. The van der Waals surface area contributed by atoms with Crippen molar-refractivity contribution in [3.05, 3.63) is 71.4 Å². The Morgan fingerprint density at radius 2 is 1.75 bits per heavy atom. The Bertz CT molecular complexity index is 950. The van der Waals surface area contributed by atoms with Crippen LogP contribution in [-0.2, 0) is 17.8 Å². The van der Waals surface area contributed by atoms with Gasteiger partial charge in [-0.25, -0.2) is 0 Å². The molecule has 3 nitrogen and oxygen atoms in total. The number of fused-ring (bicyclic) bond motifs is 1. The first-order valence-electron chi connectivity index (χ1n) is 10.6. The molecule has 28 heavy (non-hydrogen) atoms. The van der Waals surface area contributed by atoms with Crippen molar-refractivity contribution in [1.82, 2.24) is 9.88 Å². The summed E-state index contributed by atoms with van der Waals surface area (Å²) >= 11 is 0. The van der Waals surface area contributed by atoms with E-state index >= 15 is 0 Å². The van der Waals surface area contributed by atoms with Gasteiger partial charge >= 0.3 is 0 Å². The zero-order valence-corrected chi connectivity index (χ0v) is 16.8. The second-order valence-electron chi connectivity index (χ2n) is 8.13. The minimum absolute atomic E-state index is 0.197. The molecular weight excluding hydrogens is 344 g/mol. The van der Waals surface area contributed by atoms with Crippen LogP contribution in [0.4, 0.5) is 0 Å². The molecule has 0 atom stereocenters. The smallest absolute Gasteiger partial charge is 0.220 e. The Hall–Kier alpha value is -2.55. The maximum absolute atomic E-state index is 12.4. The van der Waals surface area contributed by atoms with E-state index in [9.17, 15) is 4.79 Å². The molecule has 1 heterocycles. The fraction of sp³-hybridized carbons (Fsp3) is 0.400. The van der Waals surface area contributed by atoms with Crippen molar-refractivity contribution >= 4 is 16.8 Å². The van der Waals surface area contributed by atoms with E-state index in [4.69, 9.17) is 0 Å². The number of aryl methyl sites for hydroxylation is 2. The van der Waals surface area contributed by atoms with E-state index in [0.717, 1.165) is 25.8 Å². The van der Waals surface area contributed by atoms with Crippen LogP contribution in [0, 0.1) is 6.92 Å². The molecular formula is C25H30N2O. The van der Waals surface area contributed by atoms with Gasteiger partial charge in [-0.3, -0.25) is 4.79 Å². The third-order valence-electron chi connectivity index (χ3n) is 6.06. The van der Waals surface area contributed by atoms with Crippen molar-refractivity contribution in [2.45, 2.75) is 64.5 Å². The highest BCUT2D eigenvalue weighted by molar-refractivity contribution is 5.85. The van der Waals surface area contributed by atoms with Gasteiger partial charge in [0.2, 0.25) is 5.91 Å². The summed E-state index contributed by atoms with van der Waals surface area (Å²) < 4.78 is 2.33. The van der Waals surface area contributed by atoms with E-state index in [1.165, 1.54) is 46.9 Å². The van der Waals surface area contributed by atoms with Gasteiger partial charge in [-0.1, -0.05) is 61.7 Å². The normalized spacial score (nSPS) is 15.0. The summed E-state index contributed by atoms with van der Waals surface area (Å²) in [6, 6.07) is 17.5. The van der Waals surface area contributed by atoms with Gasteiger partial charge in [-0.15, -0.1) is 0 Å². The summed E-state index contributed by atoms with van der Waals surface area (Å²) in [5.74, 6) is 0.197. The highest BCUT2D eigenvalue weighted by Gasteiger charge is 2.16. The van der Waals surface area contributed by atoms with Gasteiger partial charge in [0.25, 0.3) is 0 Å². The number of nitrogens with one attached hydrogen (secondary N) is 1. The molecule has 146 valence electrons. The average molecular weight is 375 g/mol. The van der Waals surface area contributed by atoms with Gasteiger partial charge < -0.3 is 9.88 Å². The lowest BCUT2D eigenvalue weighted by Gasteiger charge is -2.22. The molecule has 1 aromatic heterocycles. The summed E-state index contributed by atoms with van der Waals surface area (Å²) in [6.07, 6.45) is 9.68. The van der Waals surface area contributed by atoms with Gasteiger partial charge in [0.15, 0.2) is 0 Å². The standard InChI is InChI=1S/C25H30N2O/c1-19-9-5-6-10-20(19)17-27-18-21(23-13-7-8-14-24(23)27)15-16-25(28)26-22-11-3-2-4-12-22/h5-10,13-14,18,22H,2-4,11-12,15-17H2,1H3,(H,26,28). The van der Waals surface area contributed by atoms with Crippen LogP contribution in [0.1, 0.15) is 55.2 Å². The fourth-order valence-corrected chi connectivity index (χ4v) is 4.42. The van der Waals surface area contributed by atoms with E-state index < -0.39 is 0 Å². The zero-order valence-electron chi connectivity index (χ0n) is 16.8. The monoisotopic (exact) mass is 374 g/mol. The summed E-state index contributed by atoms with van der Waals surface area (Å²) in [7, 11) is 0. The van der Waals surface area contributed by atoms with Crippen LogP contribution in [0.3, 0.4) is 0 Å². The molecule has 0 bridgehead atoms. The van der Waals surface area contributed by atoms with E-state index in [2.05, 4.69) is 71.5 Å². The lowest BCUT2D eigenvalue weighted by molar-refractivity contribution is -0.121. The van der Waals surface area contributed by atoms with Gasteiger partial charge in [-0.2, -0.15) is 0 Å². The maximum Gasteiger partial charge on any atom is 0.220 e. The number of aromatic nitrogens is 1. The molecule has 0 saturated heterocycles. The van der Waals surface area contributed by atoms with Crippen LogP contribution in [-0.4, -0.2) is 16.5 Å². The quantitative estimate of drug-likeness (QED) is 0.617. The molecule has 1 N–H and O–H groups in total. The van der Waals surface area contributed by atoms with Gasteiger partial charge in [0.1, 0.15) is 0 Å². The Balaban J connectivity index is 1.48. The number of hydrogen-bond donors (Lipinski definition) is 1. The van der Waals surface area contributed by atoms with Crippen molar-refractivity contribution in [3.8, 4) is 0 Å². The van der Waals surface area contributed by atoms with Gasteiger partial charge in [-0.05, 0) is 48.9 Å². The number of para-hydroxylation sites is 1. The minimum atomic E-state index is 0.197. The molecule has 0 radical (unpaired) electrons. The maximum atomic E-state index is 12.4. The van der Waals surface area contributed by atoms with Crippen LogP contribution in [0.2, 0.25) is 0 Å². The molecule has 3 aromatic rings. The molecule has 2 aromatic carbocycles. The Kier molecular flexibility index (Phi) is 5.80. The number of rotatable bonds is 6. The summed E-state index contributed by atoms with van der Waals surface area (Å²) in [4.78, 5) is 12.4. The predicted molar refractivity (Wildman–Crippen MR) is 116 cm³/mol. The highest BCUT2D eigenvalue weighted by Crippen LogP contribution is 2.24. The summed E-state index contributed by atoms with van der Waals surface area (Å²) in [6.45, 7) is 3.03. The molecule has 0 spiro atoms. The Labute approximate surface area is 167 Å². The summed E-state index contributed by atoms with van der Waals surface area (Å²) in [5, 5.41) is 4.51. The van der Waals surface area contributed by atoms with Crippen molar-refractivity contribution in [2.75, 3.05) is 0 Å². The first kappa shape index (κ1) is 18.8. The van der Waals surface area contributed by atoms with Gasteiger partial charge in [0.05, 0.1) is 0 Å². The van der Waals surface area contributed by atoms with E-state index in [1.54, 1.807) is 0 Å². The lowest BCUT2D eigenvalue weighted by Crippen LogP contribution is -2.36. The summed E-state index contributed by atoms with van der Waals surface area (Å²) in [5.41, 5.74) is 5.16. The molecule has 1 aliphatic rings. The highest BCUT2D eigenvalue weighted by atomic mass is 16.1. The molecule has 0 aliphatic heterocycles. The second-order valence-corrected chi connectivity index (χ2v) is 8.13. The minimum Gasteiger partial charge on any atom is -0.353 e. The van der Waals surface area contributed by atoms with Crippen molar-refractivity contribution in [3.63, 3.8) is 0 Å². The molecule has 0 unspecified atom stereocenters. The topological polar surface area (TPSA) is 34.0 Å². The van der Waals surface area contributed by atoms with Crippen molar-refractivity contribution in [2.24, 2.45) is 0 Å². The van der Waals surface area contributed by atoms with Crippen LogP contribution >= 0.6 is 0 Å². The van der Waals surface area contributed by atoms with Crippen LogP contribution in [0.15, 0.2) is 54.7 Å². The first-order valence-corrected chi connectivity index (χ1v) is 10.6. The number of carbonyl (C=O) groups is 1. The van der Waals surface area contributed by atoms with Crippen molar-refractivity contribution < 1.29 is 4.79 Å². The molecule has 1 fully saturated rings. The van der Waals surface area contributed by atoms with Crippen molar-refractivity contribution in [1.29, 1.82) is 0 Å². The Morgan fingerprint density at radius 3 is 2.57 bits per heavy atom. The number of amides is 1. The van der Waals surface area contributed by atoms with E-state index in [-0.39, 0.29) is 5.91 Å². The SMILES string of the molecule is Cc1ccccc1Cn1cc(CCC(=O)NC2CCCCC2)c2ccccc21. The molecule has 1 aliphatic carbocycles. The number of carbonyl (C=O) groups excluding carboxylic acids is 1. The van der Waals surface area contributed by atoms with E-state index in [1.807, 2.05) is 0 Å². The fourth-order valence-electron chi connectivity index (χ4n) is 4.42. The lowest BCUT2D eigenvalue weighted by atomic mass is 9.95. The van der Waals surface area contributed by atoms with Crippen LogP contribution < -0.4 is 5.32 Å². The second kappa shape index (κ2) is 8.64. The average Bonchev–Trinajstić information content (AvgIpc) is 3.07. The van der Waals surface area contributed by atoms with Crippen LogP contribution in [0.5, 0.6) is 0 Å². The van der Waals surface area contributed by atoms with Gasteiger partial charge in [0, 0.05) is 36.1 Å². The molecule has 1 amide bonds. The van der Waals surface area contributed by atoms with E-state index in [0.29, 0.717) is 12.5 Å². The largest absolute Gasteiger partial charge is 0.353 e. The first-order chi connectivity index (χ1) is 13.7. The third-order valence-corrected chi connectivity index (χ3v) is 6.06. The molecule has 4 rings (SSSR count). The zero-order chi connectivity index (χ0) is 19.3. The van der Waals surface area contributed by atoms with Crippen LogP contribution in [0.25, 0.3) is 10.9 Å². The third kappa shape index (κ3) is 4.30. The number of hydrogen-bond acceptors (Lipinski definition) is 1. The Morgan fingerprint density at radius 1 is 1.00 bits per heavy atom. The predicted octanol–water partition coefficient (Wildman–Crippen LogP) is 5.38. The number of nitrogens with zero attached hydrogens (tertiary/aromatic N) is 1.